The molecule has 31 heavy (non-hydrogen) atoms. The Kier molecular flexibility index (Phi) is 5.28. The van der Waals surface area contributed by atoms with Crippen molar-refractivity contribution in [2.45, 2.75) is 13.8 Å². The number of nitrogens with one attached hydrogen (secondary N) is 1. The van der Waals surface area contributed by atoms with Crippen molar-refractivity contribution < 1.29 is 19.1 Å². The molecule has 0 aliphatic heterocycles. The number of nitrogens with zero attached hydrogens (tertiary/aromatic N) is 3. The lowest BCUT2D eigenvalue weighted by molar-refractivity contribution is 0.102. The van der Waals surface area contributed by atoms with Gasteiger partial charge in [-0.3, -0.25) is 9.59 Å². The van der Waals surface area contributed by atoms with E-state index in [0.29, 0.717) is 34.2 Å². The van der Waals surface area contributed by atoms with Gasteiger partial charge in [-0.1, -0.05) is 30.3 Å². The quantitative estimate of drug-likeness (QED) is 0.324. The molecule has 2 aromatic carbocycles. The van der Waals surface area contributed by atoms with Crippen molar-refractivity contribution in [1.29, 1.82) is 0 Å². The molecule has 2 N–H and O–H groups in total. The lowest BCUT2D eigenvalue weighted by atomic mass is 10.0. The van der Waals surface area contributed by atoms with Crippen LogP contribution in [0, 0.1) is 13.8 Å². The SMILES string of the molecule is Cc1oc(/N=N/c2c(O)c(C(=O)Nc3ccccn3)cc3ccccc23)c(C=O)c1C. The van der Waals surface area contributed by atoms with Gasteiger partial charge in [0.25, 0.3) is 5.91 Å². The van der Waals surface area contributed by atoms with Gasteiger partial charge in [-0.2, -0.15) is 0 Å². The van der Waals surface area contributed by atoms with Gasteiger partial charge in [0.15, 0.2) is 12.0 Å². The molecule has 0 saturated heterocycles. The number of anilines is 1. The van der Waals surface area contributed by atoms with E-state index in [4.69, 9.17) is 4.42 Å². The summed E-state index contributed by atoms with van der Waals surface area (Å²) in [5.74, 6) is 0.0473. The molecule has 0 aliphatic carbocycles. The van der Waals surface area contributed by atoms with E-state index in [1.54, 1.807) is 62.5 Å². The molecule has 8 nitrogen and oxygen atoms in total. The lowest BCUT2D eigenvalue weighted by Gasteiger charge is -2.10. The number of furan rings is 1. The number of phenolic OH excluding ortho intramolecular Hbond substituents is 1. The fourth-order valence-corrected chi connectivity index (χ4v) is 3.15. The topological polar surface area (TPSA) is 117 Å². The van der Waals surface area contributed by atoms with Crippen LogP contribution in [0.2, 0.25) is 0 Å². The number of aryl methyl sites for hydroxylation is 1. The number of hydrogen-bond donors (Lipinski definition) is 2. The zero-order valence-corrected chi connectivity index (χ0v) is 16.8. The molecule has 0 unspecified atom stereocenters. The third-order valence-corrected chi connectivity index (χ3v) is 4.92. The van der Waals surface area contributed by atoms with Gasteiger partial charge in [0.1, 0.15) is 17.3 Å². The summed E-state index contributed by atoms with van der Waals surface area (Å²) in [4.78, 5) is 28.3. The van der Waals surface area contributed by atoms with Crippen LogP contribution in [0.4, 0.5) is 17.4 Å². The average Bonchev–Trinajstić information content (AvgIpc) is 3.06. The Balaban J connectivity index is 1.81. The largest absolute Gasteiger partial charge is 0.505 e. The van der Waals surface area contributed by atoms with E-state index in [0.717, 1.165) is 0 Å². The van der Waals surface area contributed by atoms with Crippen molar-refractivity contribution in [2.24, 2.45) is 10.2 Å². The number of carbonyl (C=O) groups excluding carboxylic acids is 2. The van der Waals surface area contributed by atoms with Gasteiger partial charge in [-0.25, -0.2) is 4.98 Å². The fraction of sp³-hybridized carbons (Fsp3) is 0.0870. The van der Waals surface area contributed by atoms with Crippen LogP contribution < -0.4 is 5.32 Å². The Bertz CT molecular complexity index is 1330. The van der Waals surface area contributed by atoms with E-state index in [9.17, 15) is 14.7 Å². The van der Waals surface area contributed by atoms with Crippen LogP contribution in [0.3, 0.4) is 0 Å². The Morgan fingerprint density at radius 3 is 2.65 bits per heavy atom. The maximum absolute atomic E-state index is 12.8. The van der Waals surface area contributed by atoms with Crippen molar-refractivity contribution in [3.8, 4) is 5.75 Å². The normalized spacial score (nSPS) is 11.2. The van der Waals surface area contributed by atoms with E-state index in [1.165, 1.54) is 0 Å². The molecule has 2 heterocycles. The smallest absolute Gasteiger partial charge is 0.260 e. The third-order valence-electron chi connectivity index (χ3n) is 4.92. The molecular weight excluding hydrogens is 396 g/mol. The Morgan fingerprint density at radius 2 is 1.90 bits per heavy atom. The number of amides is 1. The fourth-order valence-electron chi connectivity index (χ4n) is 3.15. The molecule has 0 fully saturated rings. The molecule has 1 amide bonds. The number of hydrogen-bond acceptors (Lipinski definition) is 7. The van der Waals surface area contributed by atoms with Crippen LogP contribution in [0.25, 0.3) is 10.8 Å². The zero-order chi connectivity index (χ0) is 22.0. The minimum absolute atomic E-state index is 0.0146. The van der Waals surface area contributed by atoms with Gasteiger partial charge in [-0.05, 0) is 37.4 Å². The molecule has 0 radical (unpaired) electrons. The molecule has 0 aliphatic rings. The molecule has 8 heteroatoms. The number of benzene rings is 2. The summed E-state index contributed by atoms with van der Waals surface area (Å²) in [5.41, 5.74) is 1.06. The van der Waals surface area contributed by atoms with Crippen LogP contribution in [0.5, 0.6) is 5.75 Å². The molecule has 0 bridgehead atoms. The number of phenols is 1. The van der Waals surface area contributed by atoms with E-state index < -0.39 is 5.91 Å². The predicted octanol–water partition coefficient (Wildman–Crippen LogP) is 5.63. The number of pyridine rings is 1. The number of aromatic nitrogens is 1. The van der Waals surface area contributed by atoms with Crippen LogP contribution >= 0.6 is 0 Å². The van der Waals surface area contributed by atoms with Gasteiger partial charge in [-0.15, -0.1) is 10.2 Å². The summed E-state index contributed by atoms with van der Waals surface area (Å²) in [5, 5.41) is 23.0. The van der Waals surface area contributed by atoms with Gasteiger partial charge in [0.05, 0.1) is 11.1 Å². The first-order valence-corrected chi connectivity index (χ1v) is 9.43. The Morgan fingerprint density at radius 1 is 1.13 bits per heavy atom. The number of azo groups is 1. The summed E-state index contributed by atoms with van der Waals surface area (Å²) >= 11 is 0. The highest BCUT2D eigenvalue weighted by molar-refractivity contribution is 6.11. The zero-order valence-electron chi connectivity index (χ0n) is 16.8. The van der Waals surface area contributed by atoms with Gasteiger partial charge < -0.3 is 14.8 Å². The first-order valence-electron chi connectivity index (χ1n) is 9.43. The van der Waals surface area contributed by atoms with Crippen LogP contribution in [-0.4, -0.2) is 22.3 Å². The van der Waals surface area contributed by atoms with Crippen LogP contribution in [0.15, 0.2) is 69.4 Å². The highest BCUT2D eigenvalue weighted by Gasteiger charge is 2.20. The van der Waals surface area contributed by atoms with E-state index in [-0.39, 0.29) is 28.4 Å². The molecule has 2 aromatic heterocycles. The second-order valence-electron chi connectivity index (χ2n) is 6.83. The summed E-state index contributed by atoms with van der Waals surface area (Å²) < 4.78 is 5.51. The van der Waals surface area contributed by atoms with E-state index >= 15 is 0 Å². The summed E-state index contributed by atoms with van der Waals surface area (Å²) in [7, 11) is 0. The number of aldehydes is 1. The maximum Gasteiger partial charge on any atom is 0.260 e. The summed E-state index contributed by atoms with van der Waals surface area (Å²) in [6.07, 6.45) is 2.20. The van der Waals surface area contributed by atoms with Crippen molar-refractivity contribution in [1.82, 2.24) is 4.98 Å². The number of rotatable bonds is 5. The standard InChI is InChI=1S/C23H18N4O4/c1-13-14(2)31-23(18(13)12-28)27-26-20-16-8-4-3-7-15(16)11-17(21(20)29)22(30)25-19-9-5-6-10-24-19/h3-12,29H,1-2H3,(H,24,25,30)/b27-26+. The highest BCUT2D eigenvalue weighted by atomic mass is 16.4. The predicted molar refractivity (Wildman–Crippen MR) is 116 cm³/mol. The van der Waals surface area contributed by atoms with Gasteiger partial charge in [0.2, 0.25) is 5.88 Å². The first-order chi connectivity index (χ1) is 15.0. The Hall–Kier alpha value is -4.33. The number of aromatic hydroxyl groups is 1. The van der Waals surface area contributed by atoms with Gasteiger partial charge in [0, 0.05) is 17.1 Å². The molecule has 4 rings (SSSR count). The number of carbonyl (C=O) groups is 2. The molecule has 0 saturated carbocycles. The Labute approximate surface area is 177 Å². The van der Waals surface area contributed by atoms with Crippen molar-refractivity contribution in [3.63, 3.8) is 0 Å². The monoisotopic (exact) mass is 414 g/mol. The minimum atomic E-state index is -0.545. The van der Waals surface area contributed by atoms with Crippen LogP contribution in [0.1, 0.15) is 32.0 Å². The molecule has 154 valence electrons. The third kappa shape index (κ3) is 3.78. The van der Waals surface area contributed by atoms with E-state index in [1.807, 2.05) is 6.07 Å². The van der Waals surface area contributed by atoms with Crippen molar-refractivity contribution in [2.75, 3.05) is 5.32 Å². The second kappa shape index (κ2) is 8.19. The van der Waals surface area contributed by atoms with Crippen molar-refractivity contribution in [3.05, 3.63) is 77.2 Å². The molecule has 0 spiro atoms. The second-order valence-corrected chi connectivity index (χ2v) is 6.83. The molecule has 4 aromatic rings. The molecular formula is C23H18N4O4. The van der Waals surface area contributed by atoms with Crippen molar-refractivity contribution >= 4 is 40.4 Å². The lowest BCUT2D eigenvalue weighted by Crippen LogP contribution is -2.13. The van der Waals surface area contributed by atoms with Crippen LogP contribution in [-0.2, 0) is 0 Å². The first kappa shape index (κ1) is 20.0. The maximum atomic E-state index is 12.8. The highest BCUT2D eigenvalue weighted by Crippen LogP contribution is 2.40. The average molecular weight is 414 g/mol. The minimum Gasteiger partial charge on any atom is -0.505 e. The molecule has 0 atom stereocenters. The summed E-state index contributed by atoms with van der Waals surface area (Å²) in [6, 6.07) is 13.8. The summed E-state index contributed by atoms with van der Waals surface area (Å²) in [6.45, 7) is 3.47. The van der Waals surface area contributed by atoms with E-state index in [2.05, 4.69) is 20.5 Å². The van der Waals surface area contributed by atoms with Gasteiger partial charge >= 0.3 is 0 Å². The number of fused-ring (bicyclic) bond motifs is 1.